The number of piperazine rings is 1. The van der Waals surface area contributed by atoms with E-state index < -0.39 is 32.8 Å². The van der Waals surface area contributed by atoms with Gasteiger partial charge in [-0.3, -0.25) is 14.4 Å². The lowest BCUT2D eigenvalue weighted by molar-refractivity contribution is -0.139. The highest BCUT2D eigenvalue weighted by atomic mass is 35.5. The second-order valence-corrected chi connectivity index (χ2v) is 10.3. The Morgan fingerprint density at radius 3 is 2.24 bits per heavy atom. The third kappa shape index (κ3) is 5.92. The number of carbonyl (C=O) groups is 3. The van der Waals surface area contributed by atoms with Gasteiger partial charge in [0.15, 0.2) is 0 Å². The predicted molar refractivity (Wildman–Crippen MR) is 124 cm³/mol. The summed E-state index contributed by atoms with van der Waals surface area (Å²) in [4.78, 5) is 40.9. The summed E-state index contributed by atoms with van der Waals surface area (Å²) >= 11 is 5.93. The molecule has 2 aromatic rings. The first kappa shape index (κ1) is 25.6. The maximum atomic E-state index is 13.4. The van der Waals surface area contributed by atoms with Crippen molar-refractivity contribution in [1.29, 1.82) is 0 Å². The summed E-state index contributed by atoms with van der Waals surface area (Å²) in [5.74, 6) is -2.30. The molecule has 3 amide bonds. The van der Waals surface area contributed by atoms with Crippen LogP contribution in [0.5, 0.6) is 0 Å². The van der Waals surface area contributed by atoms with Crippen LogP contribution < -0.4 is 5.32 Å². The van der Waals surface area contributed by atoms with Crippen molar-refractivity contribution in [3.8, 4) is 0 Å². The number of amides is 3. The minimum Gasteiger partial charge on any atom is -0.339 e. The summed E-state index contributed by atoms with van der Waals surface area (Å²) in [5.41, 5.74) is 0.0783. The standard InChI is InChI=1S/C23H25ClFN3O5S/c1-2-4-20(29)27-11-13-28(14-12-27)23(31)22(26-21(30)16-5-3-6-17(24)15-16)34(32,33)19-9-7-18(25)8-10-19/h3,5-10,15,22H,2,4,11-14H2,1H3,(H,26,30)/t22-/m0/s1. The SMILES string of the molecule is CCCC(=O)N1CCN(C(=O)[C@@H](NC(=O)c2cccc(Cl)c2)S(=O)(=O)c2ccc(F)cc2)CC1. The molecule has 1 aliphatic rings. The van der Waals surface area contributed by atoms with E-state index >= 15 is 0 Å². The monoisotopic (exact) mass is 509 g/mol. The van der Waals surface area contributed by atoms with E-state index in [9.17, 15) is 27.2 Å². The molecule has 0 aromatic heterocycles. The molecular formula is C23H25ClFN3O5S. The highest BCUT2D eigenvalue weighted by Gasteiger charge is 2.39. The molecule has 1 N–H and O–H groups in total. The van der Waals surface area contributed by atoms with Gasteiger partial charge < -0.3 is 15.1 Å². The first-order valence-electron chi connectivity index (χ1n) is 10.8. The van der Waals surface area contributed by atoms with Gasteiger partial charge in [-0.2, -0.15) is 0 Å². The molecule has 182 valence electrons. The number of benzene rings is 2. The topological polar surface area (TPSA) is 104 Å². The molecule has 0 bridgehead atoms. The van der Waals surface area contributed by atoms with Gasteiger partial charge in [-0.05, 0) is 48.9 Å². The molecule has 0 saturated carbocycles. The number of rotatable bonds is 7. The molecule has 0 spiro atoms. The number of halogens is 2. The van der Waals surface area contributed by atoms with Gasteiger partial charge in [-0.1, -0.05) is 24.6 Å². The van der Waals surface area contributed by atoms with Crippen molar-refractivity contribution < 1.29 is 27.2 Å². The van der Waals surface area contributed by atoms with E-state index in [4.69, 9.17) is 11.6 Å². The van der Waals surface area contributed by atoms with Gasteiger partial charge in [0.2, 0.25) is 21.1 Å². The van der Waals surface area contributed by atoms with E-state index in [1.54, 1.807) is 11.0 Å². The van der Waals surface area contributed by atoms with Crippen LogP contribution in [0.1, 0.15) is 30.1 Å². The Kier molecular flexibility index (Phi) is 8.27. The summed E-state index contributed by atoms with van der Waals surface area (Å²) in [6.07, 6.45) is 1.09. The molecule has 34 heavy (non-hydrogen) atoms. The van der Waals surface area contributed by atoms with Crippen LogP contribution in [0.2, 0.25) is 5.02 Å². The molecule has 1 fully saturated rings. The molecule has 1 aliphatic heterocycles. The molecule has 1 heterocycles. The second kappa shape index (κ2) is 11.0. The van der Waals surface area contributed by atoms with E-state index in [1.807, 2.05) is 6.92 Å². The summed E-state index contributed by atoms with van der Waals surface area (Å²) in [6, 6.07) is 9.86. The van der Waals surface area contributed by atoms with Gasteiger partial charge in [0.05, 0.1) is 4.90 Å². The maximum Gasteiger partial charge on any atom is 0.261 e. The fraction of sp³-hybridized carbons (Fsp3) is 0.348. The lowest BCUT2D eigenvalue weighted by Gasteiger charge is -2.36. The fourth-order valence-corrected chi connectivity index (χ4v) is 5.23. The number of hydrogen-bond donors (Lipinski definition) is 1. The first-order valence-corrected chi connectivity index (χ1v) is 12.7. The van der Waals surface area contributed by atoms with Crippen LogP contribution >= 0.6 is 11.6 Å². The maximum absolute atomic E-state index is 13.4. The number of hydrogen-bond acceptors (Lipinski definition) is 5. The molecule has 0 unspecified atom stereocenters. The Bertz CT molecular complexity index is 1170. The summed E-state index contributed by atoms with van der Waals surface area (Å²) in [6.45, 7) is 2.66. The van der Waals surface area contributed by atoms with E-state index in [0.29, 0.717) is 12.8 Å². The Morgan fingerprint density at radius 1 is 1.03 bits per heavy atom. The van der Waals surface area contributed by atoms with E-state index in [0.717, 1.165) is 24.3 Å². The van der Waals surface area contributed by atoms with Crippen LogP contribution in [0, 0.1) is 5.82 Å². The van der Waals surface area contributed by atoms with Gasteiger partial charge in [0.25, 0.3) is 11.8 Å². The third-order valence-electron chi connectivity index (χ3n) is 5.43. The van der Waals surface area contributed by atoms with Crippen LogP contribution in [0.25, 0.3) is 0 Å². The Labute approximate surface area is 202 Å². The molecular weight excluding hydrogens is 485 g/mol. The van der Waals surface area contributed by atoms with E-state index in [2.05, 4.69) is 5.32 Å². The molecule has 3 rings (SSSR count). The lowest BCUT2D eigenvalue weighted by atomic mass is 10.2. The molecule has 0 radical (unpaired) electrons. The van der Waals surface area contributed by atoms with Crippen molar-refractivity contribution in [2.75, 3.05) is 26.2 Å². The zero-order valence-corrected chi connectivity index (χ0v) is 20.1. The number of carbonyl (C=O) groups excluding carboxylic acids is 3. The highest BCUT2D eigenvalue weighted by molar-refractivity contribution is 7.92. The van der Waals surface area contributed by atoms with Crippen LogP contribution in [-0.2, 0) is 19.4 Å². The van der Waals surface area contributed by atoms with Gasteiger partial charge >= 0.3 is 0 Å². The smallest absolute Gasteiger partial charge is 0.261 e. The van der Waals surface area contributed by atoms with Gasteiger partial charge in [0, 0.05) is 43.2 Å². The van der Waals surface area contributed by atoms with Crippen LogP contribution in [-0.4, -0.2) is 67.5 Å². The zero-order chi connectivity index (χ0) is 24.9. The minimum absolute atomic E-state index is 0.0284. The number of nitrogens with zero attached hydrogens (tertiary/aromatic N) is 2. The van der Waals surface area contributed by atoms with Gasteiger partial charge in [-0.25, -0.2) is 12.8 Å². The number of nitrogens with one attached hydrogen (secondary N) is 1. The largest absolute Gasteiger partial charge is 0.339 e. The van der Waals surface area contributed by atoms with Crippen LogP contribution in [0.15, 0.2) is 53.4 Å². The van der Waals surface area contributed by atoms with E-state index in [1.165, 1.54) is 23.1 Å². The van der Waals surface area contributed by atoms with Gasteiger partial charge in [-0.15, -0.1) is 0 Å². The Balaban J connectivity index is 1.87. The fourth-order valence-electron chi connectivity index (χ4n) is 3.58. The third-order valence-corrected chi connectivity index (χ3v) is 7.54. The first-order chi connectivity index (χ1) is 16.1. The van der Waals surface area contributed by atoms with Gasteiger partial charge in [0.1, 0.15) is 5.82 Å². The average Bonchev–Trinajstić information content (AvgIpc) is 2.82. The highest BCUT2D eigenvalue weighted by Crippen LogP contribution is 2.19. The summed E-state index contributed by atoms with van der Waals surface area (Å²) in [5, 5.41) is 0.640. The zero-order valence-electron chi connectivity index (χ0n) is 18.5. The molecule has 11 heteroatoms. The number of sulfone groups is 1. The molecule has 1 atom stereocenters. The van der Waals surface area contributed by atoms with Crippen molar-refractivity contribution in [2.45, 2.75) is 30.0 Å². The molecule has 8 nitrogen and oxygen atoms in total. The van der Waals surface area contributed by atoms with Crippen molar-refractivity contribution in [3.05, 3.63) is 64.9 Å². The average molecular weight is 510 g/mol. The van der Waals surface area contributed by atoms with E-state index in [-0.39, 0.29) is 47.6 Å². The van der Waals surface area contributed by atoms with Crippen molar-refractivity contribution in [3.63, 3.8) is 0 Å². The predicted octanol–water partition coefficient (Wildman–Crippen LogP) is 2.48. The van der Waals surface area contributed by atoms with Crippen molar-refractivity contribution in [2.24, 2.45) is 0 Å². The molecule has 0 aliphatic carbocycles. The Hall–Kier alpha value is -2.98. The molecule has 1 saturated heterocycles. The van der Waals surface area contributed by atoms with Crippen molar-refractivity contribution >= 4 is 39.2 Å². The normalized spacial score (nSPS) is 15.0. The van der Waals surface area contributed by atoms with Crippen LogP contribution in [0.3, 0.4) is 0 Å². The minimum atomic E-state index is -4.42. The summed E-state index contributed by atoms with van der Waals surface area (Å²) < 4.78 is 40.1. The second-order valence-electron chi connectivity index (χ2n) is 7.82. The Morgan fingerprint density at radius 2 is 1.65 bits per heavy atom. The lowest BCUT2D eigenvalue weighted by Crippen LogP contribution is -2.57. The van der Waals surface area contributed by atoms with Crippen LogP contribution in [0.4, 0.5) is 4.39 Å². The molecule has 2 aromatic carbocycles. The summed E-state index contributed by atoms with van der Waals surface area (Å²) in [7, 11) is -4.42. The quantitative estimate of drug-likeness (QED) is 0.577. The van der Waals surface area contributed by atoms with Crippen molar-refractivity contribution in [1.82, 2.24) is 15.1 Å².